The number of benzene rings is 1. The molecule has 0 saturated heterocycles. The quantitative estimate of drug-likeness (QED) is 0.682. The molecule has 0 aliphatic carbocycles. The highest BCUT2D eigenvalue weighted by molar-refractivity contribution is 8.14. The smallest absolute Gasteiger partial charge is 0.239 e. The minimum Gasteiger partial charge on any atom is -0.288 e. The number of amides is 1. The molecule has 0 spiro atoms. The number of thioether (sulfide) groups is 1. The number of aromatic nitrogens is 2. The van der Waals surface area contributed by atoms with Gasteiger partial charge in [-0.15, -0.1) is 0 Å². The molecule has 3 aromatic rings. The zero-order valence-electron chi connectivity index (χ0n) is 13.9. The van der Waals surface area contributed by atoms with Gasteiger partial charge in [-0.3, -0.25) is 19.5 Å². The summed E-state index contributed by atoms with van der Waals surface area (Å²) in [6.07, 6.45) is 3.43. The van der Waals surface area contributed by atoms with Crippen LogP contribution < -0.4 is 4.90 Å². The summed E-state index contributed by atoms with van der Waals surface area (Å²) < 4.78 is 1.04. The van der Waals surface area contributed by atoms with E-state index < -0.39 is 0 Å². The molecule has 0 unspecified atom stereocenters. The highest BCUT2D eigenvalue weighted by Gasteiger charge is 2.21. The molecule has 0 fully saturated rings. The lowest BCUT2D eigenvalue weighted by molar-refractivity contribution is -0.116. The molecule has 128 valence electrons. The molecular formula is C18H17N3O2S2. The normalized spacial score (nSPS) is 10.8. The third-order valence-electron chi connectivity index (χ3n) is 3.53. The molecule has 0 aliphatic heterocycles. The number of carbonyl (C=O) groups excluding carboxylic acids is 2. The molecule has 0 N–H and O–H groups in total. The number of thiazole rings is 1. The Bertz CT molecular complexity index is 909. The second-order valence-corrected chi connectivity index (χ2v) is 7.75. The van der Waals surface area contributed by atoms with Crippen LogP contribution in [0.15, 0.2) is 42.7 Å². The highest BCUT2D eigenvalue weighted by atomic mass is 32.2. The summed E-state index contributed by atoms with van der Waals surface area (Å²) in [5.41, 5.74) is 2.94. The first kappa shape index (κ1) is 17.6. The van der Waals surface area contributed by atoms with Gasteiger partial charge in [0.2, 0.25) is 5.91 Å². The van der Waals surface area contributed by atoms with Gasteiger partial charge in [0, 0.05) is 19.3 Å². The molecule has 0 aliphatic rings. The van der Waals surface area contributed by atoms with Crippen molar-refractivity contribution >= 4 is 49.5 Å². The van der Waals surface area contributed by atoms with Crippen molar-refractivity contribution in [3.05, 3.63) is 53.9 Å². The maximum absolute atomic E-state index is 12.7. The zero-order chi connectivity index (χ0) is 17.8. The minimum atomic E-state index is -0.139. The fraction of sp³-hybridized carbons (Fsp3) is 0.222. The van der Waals surface area contributed by atoms with Gasteiger partial charge >= 0.3 is 0 Å². The van der Waals surface area contributed by atoms with E-state index in [1.807, 2.05) is 31.2 Å². The summed E-state index contributed by atoms with van der Waals surface area (Å²) in [5.74, 6) is -0.0373. The second kappa shape index (κ2) is 7.76. The number of nitrogens with zero attached hydrogens (tertiary/aromatic N) is 3. The molecule has 0 saturated carbocycles. The lowest BCUT2D eigenvalue weighted by Crippen LogP contribution is -2.32. The van der Waals surface area contributed by atoms with Crippen LogP contribution in [0.2, 0.25) is 0 Å². The van der Waals surface area contributed by atoms with Crippen LogP contribution in [0.5, 0.6) is 0 Å². The van der Waals surface area contributed by atoms with E-state index in [9.17, 15) is 9.59 Å². The van der Waals surface area contributed by atoms with E-state index in [4.69, 9.17) is 0 Å². The summed E-state index contributed by atoms with van der Waals surface area (Å²) in [4.78, 5) is 34.3. The van der Waals surface area contributed by atoms with Gasteiger partial charge in [0.25, 0.3) is 0 Å². The number of hydrogen-bond acceptors (Lipinski definition) is 6. The molecule has 1 amide bonds. The van der Waals surface area contributed by atoms with Crippen LogP contribution >= 0.6 is 23.1 Å². The first-order valence-electron chi connectivity index (χ1n) is 7.73. The van der Waals surface area contributed by atoms with Gasteiger partial charge in [0.1, 0.15) is 0 Å². The van der Waals surface area contributed by atoms with Crippen molar-refractivity contribution in [3.8, 4) is 0 Å². The number of anilines is 1. The van der Waals surface area contributed by atoms with Crippen LogP contribution in [0.4, 0.5) is 5.13 Å². The Labute approximate surface area is 154 Å². The van der Waals surface area contributed by atoms with Gasteiger partial charge in [-0.05, 0) is 36.2 Å². The van der Waals surface area contributed by atoms with Crippen molar-refractivity contribution in [1.82, 2.24) is 9.97 Å². The summed E-state index contributed by atoms with van der Waals surface area (Å²) in [6, 6.07) is 9.78. The molecule has 7 heteroatoms. The van der Waals surface area contributed by atoms with Crippen molar-refractivity contribution < 1.29 is 9.59 Å². The number of aryl methyl sites for hydroxylation is 1. The van der Waals surface area contributed by atoms with Crippen molar-refractivity contribution in [3.63, 3.8) is 0 Å². The fourth-order valence-electron chi connectivity index (χ4n) is 2.31. The number of pyridine rings is 1. The van der Waals surface area contributed by atoms with Gasteiger partial charge in [0.05, 0.1) is 22.5 Å². The van der Waals surface area contributed by atoms with Gasteiger partial charge < -0.3 is 0 Å². The number of hydrogen-bond donors (Lipinski definition) is 0. The first-order valence-corrected chi connectivity index (χ1v) is 9.53. The summed E-state index contributed by atoms with van der Waals surface area (Å²) in [7, 11) is 0. The Morgan fingerprint density at radius 1 is 1.28 bits per heavy atom. The van der Waals surface area contributed by atoms with Crippen LogP contribution in [-0.2, 0) is 16.1 Å². The average Bonchev–Trinajstić information content (AvgIpc) is 3.01. The standard InChI is InChI=1S/C18H17N3O2S2/c1-12-5-6-15-16(8-12)25-18(20-15)21(17(23)11-24-13(2)22)10-14-4-3-7-19-9-14/h3-9H,10-11H2,1-2H3. The molecule has 25 heavy (non-hydrogen) atoms. The molecular weight excluding hydrogens is 354 g/mol. The maximum atomic E-state index is 12.7. The Hall–Kier alpha value is -2.25. The van der Waals surface area contributed by atoms with E-state index >= 15 is 0 Å². The van der Waals surface area contributed by atoms with E-state index in [1.54, 1.807) is 17.3 Å². The zero-order valence-corrected chi connectivity index (χ0v) is 15.6. The van der Waals surface area contributed by atoms with Crippen molar-refractivity contribution in [1.29, 1.82) is 0 Å². The molecule has 3 rings (SSSR count). The number of fused-ring (bicyclic) bond motifs is 1. The van der Waals surface area contributed by atoms with E-state index in [2.05, 4.69) is 16.0 Å². The van der Waals surface area contributed by atoms with Crippen molar-refractivity contribution in [2.75, 3.05) is 10.7 Å². The Morgan fingerprint density at radius 3 is 2.84 bits per heavy atom. The third-order valence-corrected chi connectivity index (χ3v) is 5.37. The van der Waals surface area contributed by atoms with Gasteiger partial charge in [-0.2, -0.15) is 0 Å². The fourth-order valence-corrected chi connectivity index (χ4v) is 3.88. The number of rotatable bonds is 5. The van der Waals surface area contributed by atoms with E-state index in [0.717, 1.165) is 33.1 Å². The molecule has 0 bridgehead atoms. The SMILES string of the molecule is CC(=O)SCC(=O)N(Cc1cccnc1)c1nc2ccc(C)cc2s1. The topological polar surface area (TPSA) is 63.2 Å². The Kier molecular flexibility index (Phi) is 5.45. The Balaban J connectivity index is 1.93. The van der Waals surface area contributed by atoms with Crippen LogP contribution in [0.25, 0.3) is 10.2 Å². The van der Waals surface area contributed by atoms with Crippen LogP contribution in [0.3, 0.4) is 0 Å². The van der Waals surface area contributed by atoms with Gasteiger partial charge in [-0.25, -0.2) is 4.98 Å². The minimum absolute atomic E-state index is 0.0744. The molecule has 2 heterocycles. The van der Waals surface area contributed by atoms with Gasteiger partial charge in [-0.1, -0.05) is 35.2 Å². The molecule has 2 aromatic heterocycles. The predicted octanol–water partition coefficient (Wildman–Crippen LogP) is 3.81. The van der Waals surface area contributed by atoms with Crippen molar-refractivity contribution in [2.45, 2.75) is 20.4 Å². The third kappa shape index (κ3) is 4.43. The molecule has 0 atom stereocenters. The Morgan fingerprint density at radius 2 is 2.12 bits per heavy atom. The van der Waals surface area contributed by atoms with E-state index in [0.29, 0.717) is 11.7 Å². The maximum Gasteiger partial charge on any atom is 0.239 e. The summed E-state index contributed by atoms with van der Waals surface area (Å²) >= 11 is 2.49. The van der Waals surface area contributed by atoms with E-state index in [-0.39, 0.29) is 16.8 Å². The second-order valence-electron chi connectivity index (χ2n) is 5.59. The largest absolute Gasteiger partial charge is 0.288 e. The monoisotopic (exact) mass is 371 g/mol. The lowest BCUT2D eigenvalue weighted by atomic mass is 10.2. The number of carbonyl (C=O) groups is 2. The van der Waals surface area contributed by atoms with Crippen LogP contribution in [0, 0.1) is 6.92 Å². The van der Waals surface area contributed by atoms with Crippen LogP contribution in [0.1, 0.15) is 18.1 Å². The molecule has 1 aromatic carbocycles. The molecule has 0 radical (unpaired) electrons. The summed E-state index contributed by atoms with van der Waals surface area (Å²) in [6.45, 7) is 3.87. The molecule has 5 nitrogen and oxygen atoms in total. The predicted molar refractivity (Wildman–Crippen MR) is 103 cm³/mol. The highest BCUT2D eigenvalue weighted by Crippen LogP contribution is 2.30. The average molecular weight is 371 g/mol. The lowest BCUT2D eigenvalue weighted by Gasteiger charge is -2.19. The van der Waals surface area contributed by atoms with Crippen molar-refractivity contribution in [2.24, 2.45) is 0 Å². The summed E-state index contributed by atoms with van der Waals surface area (Å²) in [5, 5.41) is 0.563. The van der Waals surface area contributed by atoms with E-state index in [1.165, 1.54) is 18.3 Å². The first-order chi connectivity index (χ1) is 12.0. The van der Waals surface area contributed by atoms with Crippen LogP contribution in [-0.4, -0.2) is 26.7 Å². The van der Waals surface area contributed by atoms with Gasteiger partial charge in [0.15, 0.2) is 10.2 Å².